The van der Waals surface area contributed by atoms with Gasteiger partial charge >= 0.3 is 0 Å². The first-order valence-electron chi connectivity index (χ1n) is 7.51. The number of nitro benzene ring substituents is 2. The zero-order valence-electron chi connectivity index (χ0n) is 13.7. The van der Waals surface area contributed by atoms with Gasteiger partial charge < -0.3 is 4.74 Å². The van der Waals surface area contributed by atoms with E-state index in [1.54, 1.807) is 0 Å². The summed E-state index contributed by atoms with van der Waals surface area (Å²) in [5.74, 6) is -0.538. The molecule has 1 amide bonds. The van der Waals surface area contributed by atoms with E-state index in [-0.39, 0.29) is 33.4 Å². The fourth-order valence-corrected chi connectivity index (χ4v) is 2.68. The van der Waals surface area contributed by atoms with Crippen molar-refractivity contribution in [3.8, 4) is 0 Å². The van der Waals surface area contributed by atoms with E-state index in [1.165, 1.54) is 49.4 Å². The molecule has 138 valence electrons. The molecule has 10 nitrogen and oxygen atoms in total. The molecule has 0 bridgehead atoms. The van der Waals surface area contributed by atoms with Gasteiger partial charge in [-0.3, -0.25) is 25.0 Å². The molecule has 0 saturated carbocycles. The lowest BCUT2D eigenvalue weighted by molar-refractivity contribution is -0.385. The number of benzene rings is 2. The van der Waals surface area contributed by atoms with Crippen molar-refractivity contribution in [3.63, 3.8) is 0 Å². The van der Waals surface area contributed by atoms with E-state index in [1.807, 2.05) is 0 Å². The SMILES string of the molecule is CC(=O)N1N=C(c2cccc([N+](=O)[O-])c2)O[C@@H]1c1cc([N+](=O)[O-])ccc1Cl. The van der Waals surface area contributed by atoms with Crippen LogP contribution >= 0.6 is 11.6 Å². The number of hydrogen-bond donors (Lipinski definition) is 0. The molecule has 1 atom stereocenters. The number of ether oxygens (including phenoxy) is 1. The van der Waals surface area contributed by atoms with Gasteiger partial charge in [-0.2, -0.15) is 5.01 Å². The lowest BCUT2D eigenvalue weighted by Crippen LogP contribution is -2.25. The largest absolute Gasteiger partial charge is 0.446 e. The van der Waals surface area contributed by atoms with Gasteiger partial charge in [-0.05, 0) is 12.1 Å². The number of carbonyl (C=O) groups excluding carboxylic acids is 1. The van der Waals surface area contributed by atoms with Crippen molar-refractivity contribution in [3.05, 3.63) is 78.8 Å². The third kappa shape index (κ3) is 3.55. The van der Waals surface area contributed by atoms with Gasteiger partial charge in [-0.25, -0.2) is 0 Å². The molecule has 0 saturated heterocycles. The van der Waals surface area contributed by atoms with Crippen LogP contribution < -0.4 is 0 Å². The zero-order chi connectivity index (χ0) is 19.7. The smallest absolute Gasteiger partial charge is 0.270 e. The number of carbonyl (C=O) groups is 1. The topological polar surface area (TPSA) is 128 Å². The number of halogens is 1. The third-order valence-corrected chi connectivity index (χ3v) is 4.07. The maximum atomic E-state index is 12.0. The Bertz CT molecular complexity index is 993. The molecule has 0 aromatic heterocycles. The van der Waals surface area contributed by atoms with E-state index in [9.17, 15) is 25.0 Å². The second-order valence-corrected chi connectivity index (χ2v) is 5.92. The molecule has 0 spiro atoms. The van der Waals surface area contributed by atoms with Gasteiger partial charge in [0.05, 0.1) is 9.85 Å². The number of nitrogens with zero attached hydrogens (tertiary/aromatic N) is 4. The highest BCUT2D eigenvalue weighted by molar-refractivity contribution is 6.31. The Labute approximate surface area is 156 Å². The minimum Gasteiger partial charge on any atom is -0.446 e. The van der Waals surface area contributed by atoms with Crippen LogP contribution in [-0.2, 0) is 9.53 Å². The molecule has 0 aliphatic carbocycles. The Kier molecular flexibility index (Phi) is 4.74. The van der Waals surface area contributed by atoms with Crippen molar-refractivity contribution >= 4 is 34.8 Å². The molecular weight excluding hydrogens is 380 g/mol. The average molecular weight is 391 g/mol. The zero-order valence-corrected chi connectivity index (χ0v) is 14.5. The van der Waals surface area contributed by atoms with Crippen LogP contribution in [0.5, 0.6) is 0 Å². The highest BCUT2D eigenvalue weighted by atomic mass is 35.5. The molecule has 0 radical (unpaired) electrons. The fraction of sp³-hybridized carbons (Fsp3) is 0.125. The Hall–Kier alpha value is -3.53. The van der Waals surface area contributed by atoms with Gasteiger partial charge in [0.15, 0.2) is 0 Å². The minimum absolute atomic E-state index is 0.0403. The van der Waals surface area contributed by atoms with E-state index in [2.05, 4.69) is 5.10 Å². The molecule has 27 heavy (non-hydrogen) atoms. The second kappa shape index (κ2) is 7.00. The van der Waals surface area contributed by atoms with Crippen LogP contribution in [-0.4, -0.2) is 26.7 Å². The summed E-state index contributed by atoms with van der Waals surface area (Å²) >= 11 is 6.13. The Balaban J connectivity index is 2.02. The number of hydrazone groups is 1. The van der Waals surface area contributed by atoms with Crippen molar-refractivity contribution in [1.82, 2.24) is 5.01 Å². The molecule has 2 aromatic carbocycles. The predicted molar refractivity (Wildman–Crippen MR) is 94.1 cm³/mol. The lowest BCUT2D eigenvalue weighted by Gasteiger charge is -2.20. The number of non-ortho nitro benzene ring substituents is 2. The van der Waals surface area contributed by atoms with E-state index in [0.717, 1.165) is 5.01 Å². The van der Waals surface area contributed by atoms with Crippen LogP contribution in [0.2, 0.25) is 5.02 Å². The number of hydrogen-bond acceptors (Lipinski definition) is 7. The van der Waals surface area contributed by atoms with Crippen molar-refractivity contribution in [1.29, 1.82) is 0 Å². The molecule has 0 fully saturated rings. The lowest BCUT2D eigenvalue weighted by atomic mass is 10.1. The quantitative estimate of drug-likeness (QED) is 0.581. The van der Waals surface area contributed by atoms with Gasteiger partial charge in [0, 0.05) is 47.3 Å². The Morgan fingerprint density at radius 2 is 1.81 bits per heavy atom. The molecule has 1 aliphatic heterocycles. The number of nitro groups is 2. The first-order valence-corrected chi connectivity index (χ1v) is 7.89. The average Bonchev–Trinajstić information content (AvgIpc) is 3.07. The molecule has 1 heterocycles. The third-order valence-electron chi connectivity index (χ3n) is 3.73. The van der Waals surface area contributed by atoms with E-state index < -0.39 is 22.0 Å². The summed E-state index contributed by atoms with van der Waals surface area (Å²) in [6, 6.07) is 9.26. The van der Waals surface area contributed by atoms with Gasteiger partial charge in [0.1, 0.15) is 0 Å². The van der Waals surface area contributed by atoms with Crippen LogP contribution in [0, 0.1) is 20.2 Å². The monoisotopic (exact) mass is 390 g/mol. The summed E-state index contributed by atoms with van der Waals surface area (Å²) in [5, 5.41) is 27.2. The normalized spacial score (nSPS) is 15.9. The summed E-state index contributed by atoms with van der Waals surface area (Å²) < 4.78 is 5.68. The Morgan fingerprint density at radius 1 is 1.15 bits per heavy atom. The van der Waals surface area contributed by atoms with E-state index >= 15 is 0 Å². The van der Waals surface area contributed by atoms with Gasteiger partial charge in [-0.15, -0.1) is 5.10 Å². The van der Waals surface area contributed by atoms with Crippen LogP contribution in [0.4, 0.5) is 11.4 Å². The summed E-state index contributed by atoms with van der Waals surface area (Å²) in [7, 11) is 0. The van der Waals surface area contributed by atoms with Crippen molar-refractivity contribution in [2.24, 2.45) is 5.10 Å². The molecule has 2 aromatic rings. The maximum absolute atomic E-state index is 12.0. The molecule has 0 N–H and O–H groups in total. The van der Waals surface area contributed by atoms with Crippen molar-refractivity contribution in [2.45, 2.75) is 13.2 Å². The molecule has 0 unspecified atom stereocenters. The summed E-state index contributed by atoms with van der Waals surface area (Å²) in [6.45, 7) is 1.24. The van der Waals surface area contributed by atoms with E-state index in [4.69, 9.17) is 16.3 Å². The molecule has 11 heteroatoms. The van der Waals surface area contributed by atoms with Gasteiger partial charge in [-0.1, -0.05) is 17.7 Å². The van der Waals surface area contributed by atoms with Crippen LogP contribution in [0.1, 0.15) is 24.3 Å². The highest BCUT2D eigenvalue weighted by Crippen LogP contribution is 2.36. The molecule has 3 rings (SSSR count). The molecule has 1 aliphatic rings. The Morgan fingerprint density at radius 3 is 2.44 bits per heavy atom. The highest BCUT2D eigenvalue weighted by Gasteiger charge is 2.35. The van der Waals surface area contributed by atoms with Crippen molar-refractivity contribution in [2.75, 3.05) is 0 Å². The van der Waals surface area contributed by atoms with Crippen molar-refractivity contribution < 1.29 is 19.4 Å². The van der Waals surface area contributed by atoms with Gasteiger partial charge in [0.25, 0.3) is 11.4 Å². The van der Waals surface area contributed by atoms with Crippen LogP contribution in [0.25, 0.3) is 0 Å². The number of rotatable bonds is 4. The first-order chi connectivity index (χ1) is 12.8. The molecular formula is C16H11ClN4O6. The van der Waals surface area contributed by atoms with E-state index in [0.29, 0.717) is 0 Å². The summed E-state index contributed by atoms with van der Waals surface area (Å²) in [4.78, 5) is 32.8. The standard InChI is InChI=1S/C16H11ClN4O6/c1-9(22)19-16(13-8-12(21(25)26)5-6-14(13)17)27-15(18-19)10-3-2-4-11(7-10)20(23)24/h2-8,16H,1H3/t16-/m1/s1. The fourth-order valence-electron chi connectivity index (χ4n) is 2.47. The summed E-state index contributed by atoms with van der Waals surface area (Å²) in [6.07, 6.45) is -1.14. The number of amides is 1. The predicted octanol–water partition coefficient (Wildman–Crippen LogP) is 3.40. The minimum atomic E-state index is -1.14. The maximum Gasteiger partial charge on any atom is 0.270 e. The van der Waals surface area contributed by atoms with Gasteiger partial charge in [0.2, 0.25) is 18.0 Å². The first kappa shape index (κ1) is 18.3. The second-order valence-electron chi connectivity index (χ2n) is 5.51. The van der Waals surface area contributed by atoms with Crippen LogP contribution in [0.15, 0.2) is 47.6 Å². The van der Waals surface area contributed by atoms with Crippen LogP contribution in [0.3, 0.4) is 0 Å². The summed E-state index contributed by atoms with van der Waals surface area (Å²) in [5.41, 5.74) is 0.0417.